The fraction of sp³-hybridized carbons (Fsp3) is 0.727. The van der Waals surface area contributed by atoms with Crippen molar-refractivity contribution in [2.75, 3.05) is 39.3 Å². The third-order valence-electron chi connectivity index (χ3n) is 2.45. The average Bonchev–Trinajstić information content (AvgIpc) is 2.39. The summed E-state index contributed by atoms with van der Waals surface area (Å²) in [5.41, 5.74) is 0. The first-order valence-electron chi connectivity index (χ1n) is 6.22. The largest absolute Gasteiger partial charge is 0.480 e. The average molecular weight is 274 g/mol. The third-order valence-corrected chi connectivity index (χ3v) is 2.45. The molecule has 0 aliphatic rings. The van der Waals surface area contributed by atoms with Crippen molar-refractivity contribution in [3.8, 4) is 0 Å². The van der Waals surface area contributed by atoms with E-state index in [-0.39, 0.29) is 6.54 Å². The van der Waals surface area contributed by atoms with Crippen LogP contribution >= 0.6 is 0 Å². The van der Waals surface area contributed by atoms with Gasteiger partial charge in [0.25, 0.3) is 0 Å². The number of hydrogen-bond donors (Lipinski definition) is 4. The Hall–Kier alpha value is -1.83. The Morgan fingerprint density at radius 1 is 1.00 bits per heavy atom. The molecule has 8 nitrogen and oxygen atoms in total. The lowest BCUT2D eigenvalue weighted by Gasteiger charge is -2.18. The molecule has 0 bridgehead atoms. The summed E-state index contributed by atoms with van der Waals surface area (Å²) >= 11 is 0. The number of carbonyl (C=O) groups is 3. The Balaban J connectivity index is 3.64. The van der Waals surface area contributed by atoms with Gasteiger partial charge in [-0.15, -0.1) is 0 Å². The number of urea groups is 1. The van der Waals surface area contributed by atoms with E-state index >= 15 is 0 Å². The molecule has 110 valence electrons. The van der Waals surface area contributed by atoms with Gasteiger partial charge in [0.2, 0.25) is 5.91 Å². The maximum atomic E-state index is 11.3. The van der Waals surface area contributed by atoms with Crippen LogP contribution in [0.5, 0.6) is 0 Å². The summed E-state index contributed by atoms with van der Waals surface area (Å²) in [7, 11) is 0. The van der Waals surface area contributed by atoms with Crippen LogP contribution in [0.1, 0.15) is 13.8 Å². The summed E-state index contributed by atoms with van der Waals surface area (Å²) in [5.74, 6) is -1.67. The molecular weight excluding hydrogens is 252 g/mol. The van der Waals surface area contributed by atoms with Gasteiger partial charge in [-0.05, 0) is 13.1 Å². The second-order valence-corrected chi connectivity index (χ2v) is 3.81. The number of hydrogen-bond acceptors (Lipinski definition) is 4. The van der Waals surface area contributed by atoms with Gasteiger partial charge >= 0.3 is 12.0 Å². The van der Waals surface area contributed by atoms with E-state index < -0.39 is 24.5 Å². The van der Waals surface area contributed by atoms with E-state index in [9.17, 15) is 14.4 Å². The Labute approximate surface area is 112 Å². The van der Waals surface area contributed by atoms with Crippen molar-refractivity contribution in [1.82, 2.24) is 20.9 Å². The lowest BCUT2D eigenvalue weighted by Crippen LogP contribution is -2.44. The van der Waals surface area contributed by atoms with Crippen molar-refractivity contribution >= 4 is 17.9 Å². The highest BCUT2D eigenvalue weighted by Gasteiger charge is 2.06. The van der Waals surface area contributed by atoms with Gasteiger partial charge in [-0.1, -0.05) is 13.8 Å². The first-order valence-corrected chi connectivity index (χ1v) is 6.22. The topological polar surface area (TPSA) is 111 Å². The quantitative estimate of drug-likeness (QED) is 0.423. The number of amides is 3. The predicted molar refractivity (Wildman–Crippen MR) is 69.8 cm³/mol. The van der Waals surface area contributed by atoms with Crippen molar-refractivity contribution in [1.29, 1.82) is 0 Å². The van der Waals surface area contributed by atoms with Crippen LogP contribution in [0.25, 0.3) is 0 Å². The highest BCUT2D eigenvalue weighted by atomic mass is 16.4. The minimum atomic E-state index is -1.13. The van der Waals surface area contributed by atoms with Crippen molar-refractivity contribution in [3.63, 3.8) is 0 Å². The van der Waals surface area contributed by atoms with Crippen LogP contribution in [0.15, 0.2) is 0 Å². The Kier molecular flexibility index (Phi) is 9.15. The molecule has 0 radical (unpaired) electrons. The molecule has 0 unspecified atom stereocenters. The van der Waals surface area contributed by atoms with Crippen LogP contribution < -0.4 is 16.0 Å². The summed E-state index contributed by atoms with van der Waals surface area (Å²) in [5, 5.41) is 15.4. The Bertz CT molecular complexity index is 305. The van der Waals surface area contributed by atoms with E-state index in [0.29, 0.717) is 6.54 Å². The van der Waals surface area contributed by atoms with Gasteiger partial charge in [-0.2, -0.15) is 0 Å². The molecule has 0 aliphatic carbocycles. The SMILES string of the molecule is CCN(CC)CCNC(=O)NCC(=O)NCC(=O)O. The van der Waals surface area contributed by atoms with Crippen molar-refractivity contribution in [2.24, 2.45) is 0 Å². The number of carbonyl (C=O) groups excluding carboxylic acids is 2. The molecule has 0 aromatic carbocycles. The molecule has 4 N–H and O–H groups in total. The molecule has 3 amide bonds. The molecule has 0 atom stereocenters. The number of aliphatic carboxylic acids is 1. The fourth-order valence-corrected chi connectivity index (χ4v) is 1.33. The lowest BCUT2D eigenvalue weighted by molar-refractivity contribution is -0.137. The zero-order valence-corrected chi connectivity index (χ0v) is 11.4. The van der Waals surface area contributed by atoms with E-state index in [2.05, 4.69) is 20.9 Å². The number of rotatable bonds is 9. The molecule has 0 heterocycles. The maximum absolute atomic E-state index is 11.3. The fourth-order valence-electron chi connectivity index (χ4n) is 1.33. The van der Waals surface area contributed by atoms with E-state index in [1.54, 1.807) is 0 Å². The molecule has 0 spiro atoms. The summed E-state index contributed by atoms with van der Waals surface area (Å²) < 4.78 is 0. The van der Waals surface area contributed by atoms with Crippen LogP contribution in [-0.2, 0) is 9.59 Å². The molecule has 0 aromatic heterocycles. The van der Waals surface area contributed by atoms with E-state index in [4.69, 9.17) is 5.11 Å². The third kappa shape index (κ3) is 9.83. The number of carboxylic acid groups (broad SMARTS) is 1. The zero-order valence-electron chi connectivity index (χ0n) is 11.4. The van der Waals surface area contributed by atoms with Crippen molar-refractivity contribution < 1.29 is 19.5 Å². The monoisotopic (exact) mass is 274 g/mol. The van der Waals surface area contributed by atoms with Crippen LogP contribution in [-0.4, -0.2) is 67.2 Å². The minimum Gasteiger partial charge on any atom is -0.480 e. The van der Waals surface area contributed by atoms with Gasteiger partial charge in [-0.3, -0.25) is 9.59 Å². The zero-order chi connectivity index (χ0) is 14.7. The van der Waals surface area contributed by atoms with Gasteiger partial charge in [0.1, 0.15) is 6.54 Å². The molecular formula is C11H22N4O4. The van der Waals surface area contributed by atoms with Crippen LogP contribution in [0.3, 0.4) is 0 Å². The van der Waals surface area contributed by atoms with Gasteiger partial charge in [-0.25, -0.2) is 4.79 Å². The maximum Gasteiger partial charge on any atom is 0.322 e. The molecule has 0 saturated heterocycles. The highest BCUT2D eigenvalue weighted by Crippen LogP contribution is 1.83. The van der Waals surface area contributed by atoms with Gasteiger partial charge in [0, 0.05) is 13.1 Å². The molecule has 0 fully saturated rings. The first-order chi connectivity index (χ1) is 8.99. The van der Waals surface area contributed by atoms with E-state index in [1.807, 2.05) is 13.8 Å². The second kappa shape index (κ2) is 10.1. The second-order valence-electron chi connectivity index (χ2n) is 3.81. The molecule has 0 aliphatic heterocycles. The van der Waals surface area contributed by atoms with Crippen LogP contribution in [0, 0.1) is 0 Å². The summed E-state index contributed by atoms with van der Waals surface area (Å²) in [6, 6.07) is -0.447. The first kappa shape index (κ1) is 17.2. The lowest BCUT2D eigenvalue weighted by atomic mass is 10.4. The van der Waals surface area contributed by atoms with Crippen LogP contribution in [0.2, 0.25) is 0 Å². The highest BCUT2D eigenvalue weighted by molar-refractivity contribution is 5.86. The predicted octanol–water partition coefficient (Wildman–Crippen LogP) is -1.17. The minimum absolute atomic E-state index is 0.246. The van der Waals surface area contributed by atoms with E-state index in [0.717, 1.165) is 19.6 Å². The smallest absolute Gasteiger partial charge is 0.322 e. The number of carboxylic acids is 1. The van der Waals surface area contributed by atoms with Crippen molar-refractivity contribution in [2.45, 2.75) is 13.8 Å². The van der Waals surface area contributed by atoms with Crippen LogP contribution in [0.4, 0.5) is 4.79 Å². The van der Waals surface area contributed by atoms with Gasteiger partial charge in [0.05, 0.1) is 6.54 Å². The Morgan fingerprint density at radius 2 is 1.63 bits per heavy atom. The summed E-state index contributed by atoms with van der Waals surface area (Å²) in [6.45, 7) is 6.44. The van der Waals surface area contributed by atoms with Crippen molar-refractivity contribution in [3.05, 3.63) is 0 Å². The number of nitrogens with zero attached hydrogens (tertiary/aromatic N) is 1. The summed E-state index contributed by atoms with van der Waals surface area (Å²) in [4.78, 5) is 34.7. The van der Waals surface area contributed by atoms with Gasteiger partial charge in [0.15, 0.2) is 0 Å². The number of likely N-dealkylation sites (N-methyl/N-ethyl adjacent to an activating group) is 1. The standard InChI is InChI=1S/C11H22N4O4/c1-3-15(4-2)6-5-12-11(19)14-7-9(16)13-8-10(17)18/h3-8H2,1-2H3,(H,13,16)(H,17,18)(H2,12,14,19). The van der Waals surface area contributed by atoms with Gasteiger partial charge < -0.3 is 26.0 Å². The van der Waals surface area contributed by atoms with E-state index in [1.165, 1.54) is 0 Å². The molecule has 0 saturated carbocycles. The molecule has 0 rings (SSSR count). The summed E-state index contributed by atoms with van der Waals surface area (Å²) in [6.07, 6.45) is 0. The molecule has 0 aromatic rings. The number of nitrogens with one attached hydrogen (secondary N) is 3. The molecule has 8 heteroatoms. The molecule has 19 heavy (non-hydrogen) atoms. The Morgan fingerprint density at radius 3 is 2.16 bits per heavy atom. The normalized spacial score (nSPS) is 10.1.